The van der Waals surface area contributed by atoms with E-state index in [1.165, 1.54) is 25.3 Å². The van der Waals surface area contributed by atoms with Gasteiger partial charge >= 0.3 is 0 Å². The molecule has 2 rings (SSSR count). The Hall–Kier alpha value is -1.25. The second-order valence-electron chi connectivity index (χ2n) is 4.54. The van der Waals surface area contributed by atoms with Crippen LogP contribution < -0.4 is 10.6 Å². The SMILES string of the molecule is CCC1CCCN(c2cccc(F)c2N)C1. The van der Waals surface area contributed by atoms with Crippen LogP contribution in [0.3, 0.4) is 0 Å². The quantitative estimate of drug-likeness (QED) is 0.779. The first kappa shape index (κ1) is 11.2. The first-order chi connectivity index (χ1) is 7.72. The molecular weight excluding hydrogens is 203 g/mol. The Balaban J connectivity index is 2.20. The molecule has 88 valence electrons. The maximum Gasteiger partial charge on any atom is 0.148 e. The standard InChI is InChI=1S/C13H19FN2/c1-2-10-5-4-8-16(9-10)12-7-3-6-11(14)13(12)15/h3,6-7,10H,2,4-5,8-9,15H2,1H3. The molecule has 2 N–H and O–H groups in total. The molecule has 2 nitrogen and oxygen atoms in total. The maximum atomic E-state index is 13.4. The summed E-state index contributed by atoms with van der Waals surface area (Å²) in [4.78, 5) is 2.22. The summed E-state index contributed by atoms with van der Waals surface area (Å²) in [5.74, 6) is 0.410. The van der Waals surface area contributed by atoms with Crippen molar-refractivity contribution in [1.29, 1.82) is 0 Å². The third-order valence-electron chi connectivity index (χ3n) is 3.47. The molecule has 1 unspecified atom stereocenters. The number of nitrogens with two attached hydrogens (primary N) is 1. The number of benzene rings is 1. The molecule has 0 saturated carbocycles. The number of para-hydroxylation sites is 1. The van der Waals surface area contributed by atoms with Crippen LogP contribution in [0.25, 0.3) is 0 Å². The molecule has 1 aromatic rings. The summed E-state index contributed by atoms with van der Waals surface area (Å²) >= 11 is 0. The fourth-order valence-corrected chi connectivity index (χ4v) is 2.42. The molecule has 0 aliphatic carbocycles. The molecule has 1 aliphatic heterocycles. The summed E-state index contributed by atoms with van der Waals surface area (Å²) in [6.45, 7) is 4.21. The van der Waals surface area contributed by atoms with Gasteiger partial charge in [-0.05, 0) is 30.9 Å². The van der Waals surface area contributed by atoms with Gasteiger partial charge in [-0.1, -0.05) is 19.4 Å². The lowest BCUT2D eigenvalue weighted by Crippen LogP contribution is -2.35. The van der Waals surface area contributed by atoms with E-state index in [4.69, 9.17) is 5.73 Å². The summed E-state index contributed by atoms with van der Waals surface area (Å²) < 4.78 is 13.4. The Morgan fingerprint density at radius 3 is 3.06 bits per heavy atom. The number of anilines is 2. The highest BCUT2D eigenvalue weighted by Gasteiger charge is 2.20. The second kappa shape index (κ2) is 4.73. The van der Waals surface area contributed by atoms with Crippen LogP contribution >= 0.6 is 0 Å². The average Bonchev–Trinajstić information content (AvgIpc) is 2.33. The van der Waals surface area contributed by atoms with Crippen LogP contribution in [0.4, 0.5) is 15.8 Å². The van der Waals surface area contributed by atoms with E-state index in [0.717, 1.165) is 24.7 Å². The van der Waals surface area contributed by atoms with Crippen LogP contribution in [0.2, 0.25) is 0 Å². The molecule has 1 heterocycles. The predicted molar refractivity (Wildman–Crippen MR) is 66.0 cm³/mol. The van der Waals surface area contributed by atoms with Crippen molar-refractivity contribution in [2.24, 2.45) is 5.92 Å². The Morgan fingerprint density at radius 2 is 2.31 bits per heavy atom. The van der Waals surface area contributed by atoms with Crippen molar-refractivity contribution < 1.29 is 4.39 Å². The number of rotatable bonds is 2. The molecule has 0 spiro atoms. The van der Waals surface area contributed by atoms with Crippen molar-refractivity contribution >= 4 is 11.4 Å². The fraction of sp³-hybridized carbons (Fsp3) is 0.538. The molecule has 3 heteroatoms. The third-order valence-corrected chi connectivity index (χ3v) is 3.47. The van der Waals surface area contributed by atoms with Crippen molar-refractivity contribution in [2.45, 2.75) is 26.2 Å². The highest BCUT2D eigenvalue weighted by molar-refractivity contribution is 5.68. The van der Waals surface area contributed by atoms with Gasteiger partial charge in [0.25, 0.3) is 0 Å². The molecule has 1 fully saturated rings. The second-order valence-corrected chi connectivity index (χ2v) is 4.54. The summed E-state index contributed by atoms with van der Waals surface area (Å²) in [5.41, 5.74) is 6.93. The van der Waals surface area contributed by atoms with Gasteiger partial charge in [0.05, 0.1) is 11.4 Å². The van der Waals surface area contributed by atoms with Gasteiger partial charge in [0, 0.05) is 13.1 Å². The molecule has 1 saturated heterocycles. The molecular formula is C13H19FN2. The van der Waals surface area contributed by atoms with Gasteiger partial charge in [-0.25, -0.2) is 4.39 Å². The first-order valence-corrected chi connectivity index (χ1v) is 6.01. The maximum absolute atomic E-state index is 13.4. The van der Waals surface area contributed by atoms with E-state index >= 15 is 0 Å². The molecule has 0 radical (unpaired) electrons. The van der Waals surface area contributed by atoms with E-state index in [0.29, 0.717) is 5.69 Å². The number of nitrogens with zero attached hydrogens (tertiary/aromatic N) is 1. The number of nitrogen functional groups attached to an aromatic ring is 1. The number of hydrogen-bond donors (Lipinski definition) is 1. The van der Waals surface area contributed by atoms with Crippen LogP contribution in [0, 0.1) is 11.7 Å². The number of halogens is 1. The Labute approximate surface area is 96.2 Å². The zero-order valence-electron chi connectivity index (χ0n) is 9.75. The zero-order chi connectivity index (χ0) is 11.5. The van der Waals surface area contributed by atoms with Gasteiger partial charge in [0.15, 0.2) is 0 Å². The lowest BCUT2D eigenvalue weighted by atomic mass is 9.95. The minimum absolute atomic E-state index is 0.291. The largest absolute Gasteiger partial charge is 0.395 e. The number of piperidine rings is 1. The van der Waals surface area contributed by atoms with Gasteiger partial charge < -0.3 is 10.6 Å². The van der Waals surface area contributed by atoms with Crippen molar-refractivity contribution in [1.82, 2.24) is 0 Å². The summed E-state index contributed by atoms with van der Waals surface area (Å²) in [7, 11) is 0. The lowest BCUT2D eigenvalue weighted by Gasteiger charge is -2.34. The average molecular weight is 222 g/mol. The Kier molecular flexibility index (Phi) is 3.32. The van der Waals surface area contributed by atoms with Crippen LogP contribution in [-0.2, 0) is 0 Å². The normalized spacial score (nSPS) is 21.1. The minimum atomic E-state index is -0.309. The molecule has 0 bridgehead atoms. The van der Waals surface area contributed by atoms with Gasteiger partial charge in [-0.2, -0.15) is 0 Å². The van der Waals surface area contributed by atoms with Gasteiger partial charge in [-0.15, -0.1) is 0 Å². The van der Waals surface area contributed by atoms with E-state index in [1.54, 1.807) is 6.07 Å². The molecule has 1 aliphatic rings. The monoisotopic (exact) mass is 222 g/mol. The lowest BCUT2D eigenvalue weighted by molar-refractivity contribution is 0.404. The predicted octanol–water partition coefficient (Wildman–Crippen LogP) is 3.03. The Bertz CT molecular complexity index is 365. The first-order valence-electron chi connectivity index (χ1n) is 6.01. The van der Waals surface area contributed by atoms with E-state index in [2.05, 4.69) is 11.8 Å². The topological polar surface area (TPSA) is 29.3 Å². The zero-order valence-corrected chi connectivity index (χ0v) is 9.75. The summed E-state index contributed by atoms with van der Waals surface area (Å²) in [5, 5.41) is 0. The highest BCUT2D eigenvalue weighted by Crippen LogP contribution is 2.30. The van der Waals surface area contributed by atoms with E-state index in [-0.39, 0.29) is 5.82 Å². The summed E-state index contributed by atoms with van der Waals surface area (Å²) in [6, 6.07) is 5.06. The van der Waals surface area contributed by atoms with Gasteiger partial charge in [-0.3, -0.25) is 0 Å². The van der Waals surface area contributed by atoms with Crippen molar-refractivity contribution in [2.75, 3.05) is 23.7 Å². The molecule has 0 amide bonds. The minimum Gasteiger partial charge on any atom is -0.395 e. The van der Waals surface area contributed by atoms with Crippen LogP contribution in [-0.4, -0.2) is 13.1 Å². The van der Waals surface area contributed by atoms with E-state index in [1.807, 2.05) is 6.07 Å². The third kappa shape index (κ3) is 2.13. The van der Waals surface area contributed by atoms with Crippen LogP contribution in [0.5, 0.6) is 0 Å². The fourth-order valence-electron chi connectivity index (χ4n) is 2.42. The number of hydrogen-bond acceptors (Lipinski definition) is 2. The van der Waals surface area contributed by atoms with Crippen LogP contribution in [0.15, 0.2) is 18.2 Å². The molecule has 1 aromatic carbocycles. The molecule has 1 atom stereocenters. The van der Waals surface area contributed by atoms with Crippen LogP contribution in [0.1, 0.15) is 26.2 Å². The van der Waals surface area contributed by atoms with Crippen molar-refractivity contribution in [3.63, 3.8) is 0 Å². The molecule has 16 heavy (non-hydrogen) atoms. The van der Waals surface area contributed by atoms with Gasteiger partial charge in [0.1, 0.15) is 5.82 Å². The molecule has 0 aromatic heterocycles. The van der Waals surface area contributed by atoms with E-state index in [9.17, 15) is 4.39 Å². The Morgan fingerprint density at radius 1 is 1.50 bits per heavy atom. The van der Waals surface area contributed by atoms with Crippen molar-refractivity contribution in [3.8, 4) is 0 Å². The summed E-state index contributed by atoms with van der Waals surface area (Å²) in [6.07, 6.45) is 3.64. The highest BCUT2D eigenvalue weighted by atomic mass is 19.1. The van der Waals surface area contributed by atoms with Gasteiger partial charge in [0.2, 0.25) is 0 Å². The van der Waals surface area contributed by atoms with Crippen molar-refractivity contribution in [3.05, 3.63) is 24.0 Å². The smallest absolute Gasteiger partial charge is 0.148 e. The van der Waals surface area contributed by atoms with E-state index < -0.39 is 0 Å².